The van der Waals surface area contributed by atoms with E-state index >= 15 is 0 Å². The molecular formula is C31H32BrNO10. The second-order valence-electron chi connectivity index (χ2n) is 10.6. The molecular weight excluding hydrogens is 626 g/mol. The number of aryl methyl sites for hydroxylation is 1. The summed E-state index contributed by atoms with van der Waals surface area (Å²) in [6.45, 7) is 6.51. The molecule has 2 aliphatic rings. The van der Waals surface area contributed by atoms with Crippen LogP contribution in [0, 0.1) is 6.92 Å². The zero-order chi connectivity index (χ0) is 31.0. The van der Waals surface area contributed by atoms with Crippen LogP contribution in [0.1, 0.15) is 62.8 Å². The maximum Gasteiger partial charge on any atom is 0.303 e. The van der Waals surface area contributed by atoms with Crippen molar-refractivity contribution in [2.75, 3.05) is 6.61 Å². The largest absolute Gasteiger partial charge is 0.463 e. The van der Waals surface area contributed by atoms with Crippen LogP contribution in [0.5, 0.6) is 0 Å². The molecule has 7 unspecified atom stereocenters. The van der Waals surface area contributed by atoms with Gasteiger partial charge in [0, 0.05) is 49.3 Å². The van der Waals surface area contributed by atoms with Gasteiger partial charge in [-0.2, -0.15) is 0 Å². The van der Waals surface area contributed by atoms with Crippen molar-refractivity contribution in [3.8, 4) is 0 Å². The van der Waals surface area contributed by atoms with Crippen LogP contribution in [-0.4, -0.2) is 59.5 Å². The normalized spacial score (nSPS) is 26.4. The predicted molar refractivity (Wildman–Crippen MR) is 155 cm³/mol. The van der Waals surface area contributed by atoms with Crippen molar-refractivity contribution in [1.29, 1.82) is 0 Å². The molecule has 228 valence electrons. The van der Waals surface area contributed by atoms with E-state index in [2.05, 4.69) is 15.9 Å². The number of nitrogens with zero attached hydrogens (tertiary/aromatic N) is 1. The lowest BCUT2D eigenvalue weighted by Crippen LogP contribution is -2.60. The molecule has 0 saturated carbocycles. The molecule has 3 heterocycles. The van der Waals surface area contributed by atoms with Crippen molar-refractivity contribution >= 4 is 50.7 Å². The number of aromatic nitrogens is 1. The van der Waals surface area contributed by atoms with Crippen molar-refractivity contribution < 1.29 is 47.6 Å². The summed E-state index contributed by atoms with van der Waals surface area (Å²) in [7, 11) is 0. The van der Waals surface area contributed by atoms with Crippen molar-refractivity contribution in [3.05, 3.63) is 69.8 Å². The van der Waals surface area contributed by atoms with Crippen LogP contribution in [-0.2, 0) is 47.6 Å². The highest BCUT2D eigenvalue weighted by molar-refractivity contribution is 9.10. The van der Waals surface area contributed by atoms with Gasteiger partial charge in [0.1, 0.15) is 24.9 Å². The lowest BCUT2D eigenvalue weighted by atomic mass is 9.97. The number of fused-ring (bicyclic) bond motifs is 1. The molecule has 2 saturated heterocycles. The molecule has 2 aliphatic heterocycles. The van der Waals surface area contributed by atoms with E-state index in [-0.39, 0.29) is 18.8 Å². The molecule has 2 aromatic carbocycles. The molecule has 7 atom stereocenters. The van der Waals surface area contributed by atoms with Gasteiger partial charge in [0.15, 0.2) is 24.5 Å². The Kier molecular flexibility index (Phi) is 8.91. The Balaban J connectivity index is 1.62. The molecule has 0 aliphatic carbocycles. The summed E-state index contributed by atoms with van der Waals surface area (Å²) >= 11 is 3.47. The van der Waals surface area contributed by atoms with Crippen LogP contribution in [0.25, 0.3) is 10.9 Å². The summed E-state index contributed by atoms with van der Waals surface area (Å²) < 4.78 is 37.5. The molecule has 0 radical (unpaired) electrons. The third kappa shape index (κ3) is 6.61. The molecule has 1 aromatic heterocycles. The zero-order valence-corrected chi connectivity index (χ0v) is 25.9. The quantitative estimate of drug-likeness (QED) is 0.189. The number of hydrogen-bond acceptors (Lipinski definition) is 10. The van der Waals surface area contributed by atoms with Gasteiger partial charge in [-0.15, -0.1) is 0 Å². The minimum Gasteiger partial charge on any atom is -0.463 e. The SMILES string of the molecule is CC(=O)OCC1OC(n2cc(C3OC3c3ccc(Br)cc3)c3c(C)cccc32)C(OC(C)=O)C(OC(C)=O)C1OC(C)=O. The molecule has 2 fully saturated rings. The van der Waals surface area contributed by atoms with E-state index in [9.17, 15) is 19.2 Å². The number of halogens is 1. The molecule has 11 nitrogen and oxygen atoms in total. The van der Waals surface area contributed by atoms with Crippen LogP contribution in [0.15, 0.2) is 53.1 Å². The monoisotopic (exact) mass is 657 g/mol. The number of carbonyl (C=O) groups excluding carboxylic acids is 4. The van der Waals surface area contributed by atoms with Crippen LogP contribution in [0.4, 0.5) is 0 Å². The van der Waals surface area contributed by atoms with Gasteiger partial charge in [-0.05, 0) is 36.2 Å². The number of ether oxygens (including phenoxy) is 6. The highest BCUT2D eigenvalue weighted by Crippen LogP contribution is 2.54. The molecule has 0 N–H and O–H groups in total. The molecule has 0 spiro atoms. The average molecular weight is 658 g/mol. The summed E-state index contributed by atoms with van der Waals surface area (Å²) in [5.41, 5.74) is 3.66. The van der Waals surface area contributed by atoms with E-state index in [1.165, 1.54) is 27.7 Å². The third-order valence-corrected chi connectivity index (χ3v) is 7.86. The summed E-state index contributed by atoms with van der Waals surface area (Å²) in [5.74, 6) is -2.62. The van der Waals surface area contributed by atoms with Gasteiger partial charge >= 0.3 is 23.9 Å². The molecule has 3 aromatic rings. The summed E-state index contributed by atoms with van der Waals surface area (Å²) in [6.07, 6.45) is -4.41. The summed E-state index contributed by atoms with van der Waals surface area (Å²) in [5, 5.41) is 0.931. The number of carbonyl (C=O) groups is 4. The lowest BCUT2D eigenvalue weighted by Gasteiger charge is -2.44. The summed E-state index contributed by atoms with van der Waals surface area (Å²) in [4.78, 5) is 48.5. The molecule has 0 amide bonds. The molecule has 0 bridgehead atoms. The predicted octanol–water partition coefficient (Wildman–Crippen LogP) is 4.78. The van der Waals surface area contributed by atoms with Crippen LogP contribution in [0.3, 0.4) is 0 Å². The Morgan fingerprint density at radius 1 is 0.791 bits per heavy atom. The first kappa shape index (κ1) is 30.7. The first-order valence-corrected chi connectivity index (χ1v) is 14.5. The van der Waals surface area contributed by atoms with Gasteiger partial charge in [-0.3, -0.25) is 19.2 Å². The maximum atomic E-state index is 12.4. The number of esters is 4. The molecule has 5 rings (SSSR count). The van der Waals surface area contributed by atoms with E-state index < -0.39 is 54.5 Å². The Morgan fingerprint density at radius 3 is 2.05 bits per heavy atom. The van der Waals surface area contributed by atoms with Gasteiger partial charge in [0.05, 0.1) is 5.52 Å². The first-order chi connectivity index (χ1) is 20.4. The van der Waals surface area contributed by atoms with Crippen molar-refractivity contribution in [3.63, 3.8) is 0 Å². The second-order valence-corrected chi connectivity index (χ2v) is 11.5. The van der Waals surface area contributed by atoms with Crippen molar-refractivity contribution in [2.45, 2.75) is 77.5 Å². The Hall–Kier alpha value is -3.74. The standard InChI is InChI=1S/C31H32BrNO10/c1-15-7-6-8-23-25(15)22(27-26(43-27)20-9-11-21(32)12-10-20)13-33(23)31-30(41-19(5)37)29(40-18(4)36)28(39-17(3)35)24(42-31)14-38-16(2)34/h6-13,24,26-31H,14H2,1-5H3. The minimum absolute atomic E-state index is 0.165. The van der Waals surface area contributed by atoms with Gasteiger partial charge < -0.3 is 33.0 Å². The maximum absolute atomic E-state index is 12.4. The third-order valence-electron chi connectivity index (χ3n) is 7.33. The number of benzene rings is 2. The Labute approximate surface area is 256 Å². The fourth-order valence-corrected chi connectivity index (χ4v) is 5.90. The van der Waals surface area contributed by atoms with E-state index in [0.717, 1.165) is 32.1 Å². The minimum atomic E-state index is -1.27. The van der Waals surface area contributed by atoms with Crippen molar-refractivity contribution in [2.24, 2.45) is 0 Å². The van der Waals surface area contributed by atoms with E-state index in [1.54, 1.807) is 4.57 Å². The zero-order valence-electron chi connectivity index (χ0n) is 24.3. The highest BCUT2D eigenvalue weighted by Gasteiger charge is 2.53. The van der Waals surface area contributed by atoms with Crippen molar-refractivity contribution in [1.82, 2.24) is 4.57 Å². The fraction of sp³-hybridized carbons (Fsp3) is 0.419. The van der Waals surface area contributed by atoms with E-state index in [1.807, 2.05) is 55.6 Å². The van der Waals surface area contributed by atoms with Gasteiger partial charge in [0.25, 0.3) is 0 Å². The van der Waals surface area contributed by atoms with Gasteiger partial charge in [0.2, 0.25) is 0 Å². The molecule has 12 heteroatoms. The number of epoxide rings is 1. The Bertz CT molecular complexity index is 1550. The Morgan fingerprint density at radius 2 is 1.42 bits per heavy atom. The fourth-order valence-electron chi connectivity index (χ4n) is 5.64. The highest BCUT2D eigenvalue weighted by atomic mass is 79.9. The topological polar surface area (TPSA) is 132 Å². The van der Waals surface area contributed by atoms with Crippen LogP contribution in [0.2, 0.25) is 0 Å². The van der Waals surface area contributed by atoms with Crippen LogP contribution >= 0.6 is 15.9 Å². The second kappa shape index (κ2) is 12.5. The smallest absolute Gasteiger partial charge is 0.303 e. The lowest BCUT2D eigenvalue weighted by molar-refractivity contribution is -0.267. The van der Waals surface area contributed by atoms with Crippen LogP contribution < -0.4 is 0 Å². The number of rotatable bonds is 8. The average Bonchev–Trinajstić information content (AvgIpc) is 3.62. The van der Waals surface area contributed by atoms with E-state index in [4.69, 9.17) is 28.4 Å². The van der Waals surface area contributed by atoms with Gasteiger partial charge in [-0.25, -0.2) is 0 Å². The number of hydrogen-bond donors (Lipinski definition) is 0. The molecule has 43 heavy (non-hydrogen) atoms. The van der Waals surface area contributed by atoms with E-state index in [0.29, 0.717) is 0 Å². The van der Waals surface area contributed by atoms with Gasteiger partial charge in [-0.1, -0.05) is 40.2 Å². The summed E-state index contributed by atoms with van der Waals surface area (Å²) in [6, 6.07) is 13.7. The first-order valence-electron chi connectivity index (χ1n) is 13.8.